The number of hydrogen-bond donors (Lipinski definition) is 1. The molecule has 0 saturated carbocycles. The molecule has 0 aliphatic carbocycles. The Balaban J connectivity index is 2.62. The third-order valence-corrected chi connectivity index (χ3v) is 3.68. The molecule has 4 heteroatoms. The summed E-state index contributed by atoms with van der Waals surface area (Å²) in [5.74, 6) is 0.782. The number of phenolic OH excluding ortho intramolecular Hbond substituents is 1. The highest BCUT2D eigenvalue weighted by atomic mass is 16.5. The Morgan fingerprint density at radius 2 is 1.90 bits per heavy atom. The fourth-order valence-corrected chi connectivity index (χ4v) is 2.75. The lowest BCUT2D eigenvalue weighted by atomic mass is 9.97. The SMILES string of the molecule is COc1cccc2c(=O)oc3c(C(C)C)c(O)ccc3c12. The largest absolute Gasteiger partial charge is 0.508 e. The Labute approximate surface area is 121 Å². The Morgan fingerprint density at radius 3 is 2.57 bits per heavy atom. The van der Waals surface area contributed by atoms with Gasteiger partial charge in [0.25, 0.3) is 0 Å². The Hall–Kier alpha value is -2.49. The predicted molar refractivity (Wildman–Crippen MR) is 82.3 cm³/mol. The molecule has 2 aromatic carbocycles. The van der Waals surface area contributed by atoms with Crippen molar-refractivity contribution >= 4 is 21.7 Å². The summed E-state index contributed by atoms with van der Waals surface area (Å²) in [5, 5.41) is 12.0. The second kappa shape index (κ2) is 4.81. The topological polar surface area (TPSA) is 59.7 Å². The molecule has 21 heavy (non-hydrogen) atoms. The fourth-order valence-electron chi connectivity index (χ4n) is 2.75. The lowest BCUT2D eigenvalue weighted by Gasteiger charge is -2.13. The van der Waals surface area contributed by atoms with Gasteiger partial charge in [-0.3, -0.25) is 0 Å². The van der Waals surface area contributed by atoms with Gasteiger partial charge >= 0.3 is 5.63 Å². The standard InChI is InChI=1S/C17H16O4/c1-9(2)14-12(18)8-7-10-15-11(17(19)21-16(10)14)5-4-6-13(15)20-3/h4-9,18H,1-3H3. The summed E-state index contributed by atoms with van der Waals surface area (Å²) in [4.78, 5) is 12.2. The minimum Gasteiger partial charge on any atom is -0.508 e. The van der Waals surface area contributed by atoms with Crippen molar-refractivity contribution < 1.29 is 14.3 Å². The molecule has 0 saturated heterocycles. The monoisotopic (exact) mass is 284 g/mol. The summed E-state index contributed by atoms with van der Waals surface area (Å²) in [6, 6.07) is 8.66. The first kappa shape index (κ1) is 13.5. The maximum atomic E-state index is 12.2. The summed E-state index contributed by atoms with van der Waals surface area (Å²) < 4.78 is 10.9. The van der Waals surface area contributed by atoms with Crippen LogP contribution >= 0.6 is 0 Å². The van der Waals surface area contributed by atoms with Crippen LogP contribution in [0.25, 0.3) is 21.7 Å². The van der Waals surface area contributed by atoms with E-state index in [1.54, 1.807) is 31.4 Å². The van der Waals surface area contributed by atoms with Gasteiger partial charge in [0.1, 0.15) is 17.1 Å². The van der Waals surface area contributed by atoms with Crippen molar-refractivity contribution in [2.75, 3.05) is 7.11 Å². The van der Waals surface area contributed by atoms with Gasteiger partial charge in [-0.25, -0.2) is 4.79 Å². The van der Waals surface area contributed by atoms with Gasteiger partial charge in [-0.1, -0.05) is 19.9 Å². The average molecular weight is 284 g/mol. The number of fused-ring (bicyclic) bond motifs is 3. The van der Waals surface area contributed by atoms with Gasteiger partial charge in [0.15, 0.2) is 0 Å². The fraction of sp³-hybridized carbons (Fsp3) is 0.235. The zero-order valence-electron chi connectivity index (χ0n) is 12.1. The van der Waals surface area contributed by atoms with Crippen LogP contribution in [0, 0.1) is 0 Å². The number of phenols is 1. The molecular weight excluding hydrogens is 268 g/mol. The van der Waals surface area contributed by atoms with Gasteiger partial charge in [0, 0.05) is 16.3 Å². The van der Waals surface area contributed by atoms with Crippen molar-refractivity contribution in [3.63, 3.8) is 0 Å². The summed E-state index contributed by atoms with van der Waals surface area (Å²) >= 11 is 0. The van der Waals surface area contributed by atoms with Gasteiger partial charge in [0.2, 0.25) is 0 Å². The van der Waals surface area contributed by atoms with Crippen molar-refractivity contribution in [3.8, 4) is 11.5 Å². The second-order valence-electron chi connectivity index (χ2n) is 5.30. The number of benzene rings is 2. The highest BCUT2D eigenvalue weighted by Crippen LogP contribution is 2.37. The van der Waals surface area contributed by atoms with E-state index in [9.17, 15) is 9.90 Å². The van der Waals surface area contributed by atoms with E-state index < -0.39 is 5.63 Å². The molecule has 1 heterocycles. The van der Waals surface area contributed by atoms with E-state index in [0.29, 0.717) is 27.7 Å². The highest BCUT2D eigenvalue weighted by molar-refractivity contribution is 6.09. The first-order valence-electron chi connectivity index (χ1n) is 6.80. The maximum Gasteiger partial charge on any atom is 0.344 e. The molecule has 1 N–H and O–H groups in total. The number of rotatable bonds is 2. The van der Waals surface area contributed by atoms with E-state index >= 15 is 0 Å². The molecule has 0 bridgehead atoms. The molecule has 0 radical (unpaired) electrons. The summed E-state index contributed by atoms with van der Waals surface area (Å²) in [6.07, 6.45) is 0. The van der Waals surface area contributed by atoms with E-state index in [2.05, 4.69) is 0 Å². The van der Waals surface area contributed by atoms with E-state index in [4.69, 9.17) is 9.15 Å². The Bertz CT molecular complexity index is 891. The van der Waals surface area contributed by atoms with Crippen LogP contribution in [0.5, 0.6) is 11.5 Å². The molecule has 0 amide bonds. The van der Waals surface area contributed by atoms with E-state index in [-0.39, 0.29) is 11.7 Å². The minimum atomic E-state index is -0.427. The van der Waals surface area contributed by atoms with Crippen LogP contribution in [0.2, 0.25) is 0 Å². The van der Waals surface area contributed by atoms with Crippen molar-refractivity contribution in [2.24, 2.45) is 0 Å². The summed E-state index contributed by atoms with van der Waals surface area (Å²) in [6.45, 7) is 3.89. The number of aromatic hydroxyl groups is 1. The van der Waals surface area contributed by atoms with Crippen LogP contribution in [0.4, 0.5) is 0 Å². The third kappa shape index (κ3) is 1.95. The minimum absolute atomic E-state index is 0.0315. The molecule has 0 unspecified atom stereocenters. The summed E-state index contributed by atoms with van der Waals surface area (Å²) in [5.41, 5.74) is 0.633. The lowest BCUT2D eigenvalue weighted by molar-refractivity contribution is 0.419. The predicted octanol–water partition coefficient (Wildman–Crippen LogP) is 3.78. The van der Waals surface area contributed by atoms with Gasteiger partial charge in [-0.2, -0.15) is 0 Å². The molecule has 0 aliphatic heterocycles. The average Bonchev–Trinajstić information content (AvgIpc) is 2.46. The van der Waals surface area contributed by atoms with Crippen molar-refractivity contribution in [2.45, 2.75) is 19.8 Å². The molecule has 1 aromatic heterocycles. The van der Waals surface area contributed by atoms with Gasteiger partial charge in [-0.05, 0) is 30.2 Å². The van der Waals surface area contributed by atoms with Crippen LogP contribution in [-0.4, -0.2) is 12.2 Å². The Morgan fingerprint density at radius 1 is 1.14 bits per heavy atom. The van der Waals surface area contributed by atoms with Gasteiger partial charge < -0.3 is 14.3 Å². The zero-order chi connectivity index (χ0) is 15.1. The van der Waals surface area contributed by atoms with E-state index in [0.717, 1.165) is 5.39 Å². The van der Waals surface area contributed by atoms with Crippen molar-refractivity contribution in [1.82, 2.24) is 0 Å². The molecule has 0 spiro atoms. The molecule has 0 fully saturated rings. The normalized spacial score (nSPS) is 11.4. The molecule has 4 nitrogen and oxygen atoms in total. The zero-order valence-corrected chi connectivity index (χ0v) is 12.1. The van der Waals surface area contributed by atoms with Crippen LogP contribution in [-0.2, 0) is 0 Å². The van der Waals surface area contributed by atoms with Crippen molar-refractivity contribution in [1.29, 1.82) is 0 Å². The number of ether oxygens (including phenoxy) is 1. The second-order valence-corrected chi connectivity index (χ2v) is 5.30. The first-order chi connectivity index (χ1) is 10.0. The van der Waals surface area contributed by atoms with Gasteiger partial charge in [-0.15, -0.1) is 0 Å². The molecule has 0 atom stereocenters. The van der Waals surface area contributed by atoms with Crippen LogP contribution in [0.15, 0.2) is 39.5 Å². The van der Waals surface area contributed by atoms with E-state index in [1.807, 2.05) is 19.9 Å². The van der Waals surface area contributed by atoms with Crippen molar-refractivity contribution in [3.05, 3.63) is 46.3 Å². The van der Waals surface area contributed by atoms with Crippen LogP contribution in [0.3, 0.4) is 0 Å². The lowest BCUT2D eigenvalue weighted by Crippen LogP contribution is -2.03. The molecular formula is C17H16O4. The summed E-state index contributed by atoms with van der Waals surface area (Å²) in [7, 11) is 1.57. The number of methoxy groups -OCH3 is 1. The third-order valence-electron chi connectivity index (χ3n) is 3.68. The smallest absolute Gasteiger partial charge is 0.344 e. The quantitative estimate of drug-likeness (QED) is 0.574. The van der Waals surface area contributed by atoms with E-state index in [1.165, 1.54) is 0 Å². The first-order valence-corrected chi connectivity index (χ1v) is 6.80. The molecule has 108 valence electrons. The maximum absolute atomic E-state index is 12.2. The van der Waals surface area contributed by atoms with Crippen LogP contribution < -0.4 is 10.4 Å². The highest BCUT2D eigenvalue weighted by Gasteiger charge is 2.18. The number of hydrogen-bond acceptors (Lipinski definition) is 4. The molecule has 3 rings (SSSR count). The Kier molecular flexibility index (Phi) is 3.09. The van der Waals surface area contributed by atoms with Crippen LogP contribution in [0.1, 0.15) is 25.3 Å². The van der Waals surface area contributed by atoms with Gasteiger partial charge in [0.05, 0.1) is 12.5 Å². The molecule has 3 aromatic rings. The molecule has 0 aliphatic rings.